The van der Waals surface area contributed by atoms with Gasteiger partial charge in [-0.15, -0.1) is 0 Å². The molecule has 1 heterocycles. The van der Waals surface area contributed by atoms with E-state index in [1.165, 1.54) is 38.4 Å². The maximum atomic E-state index is 12.1. The fraction of sp³-hybridized carbons (Fsp3) is 0.455. The first-order valence-corrected chi connectivity index (χ1v) is 5.11. The molecule has 1 aliphatic heterocycles. The van der Waals surface area contributed by atoms with Crippen LogP contribution in [-0.2, 0) is 0 Å². The maximum absolute atomic E-state index is 12.1. The smallest absolute Gasteiger partial charge is 0.160 e. The van der Waals surface area contributed by atoms with E-state index in [0.717, 1.165) is 12.1 Å². The Balaban J connectivity index is 0.000000162. The van der Waals surface area contributed by atoms with Crippen LogP contribution in [0.5, 0.6) is 0 Å². The maximum Gasteiger partial charge on any atom is 0.160 e. The number of hydrogen-bond donors (Lipinski definition) is 2. The Hall–Kier alpha value is -1.16. The third-order valence-electron chi connectivity index (χ3n) is 2.15. The quantitative estimate of drug-likeness (QED) is 0.650. The Morgan fingerprint density at radius 1 is 1.00 bits per heavy atom. The highest BCUT2D eigenvalue weighted by atomic mass is 19.2. The lowest BCUT2D eigenvalue weighted by atomic mass is 10.2. The average molecular weight is 214 g/mol. The first-order chi connectivity index (χ1) is 7.20. The highest BCUT2D eigenvalue weighted by Crippen LogP contribution is 2.08. The molecule has 2 rings (SSSR count). The number of nitrogen functional groups attached to an aromatic ring is 1. The molecule has 84 valence electrons. The fourth-order valence-corrected chi connectivity index (χ4v) is 1.31. The Morgan fingerprint density at radius 2 is 1.67 bits per heavy atom. The van der Waals surface area contributed by atoms with E-state index >= 15 is 0 Å². The number of nitrogens with two attached hydrogens (primary N) is 1. The van der Waals surface area contributed by atoms with Crippen LogP contribution >= 0.6 is 0 Å². The second-order valence-corrected chi connectivity index (χ2v) is 3.48. The molecule has 0 aromatic heterocycles. The number of anilines is 1. The van der Waals surface area contributed by atoms with Gasteiger partial charge in [0.05, 0.1) is 0 Å². The molecule has 0 amide bonds. The lowest BCUT2D eigenvalue weighted by molar-refractivity contribution is 0.509. The van der Waals surface area contributed by atoms with Crippen LogP contribution in [0.1, 0.15) is 19.3 Å². The molecule has 1 aliphatic rings. The normalized spacial score (nSPS) is 15.3. The minimum atomic E-state index is -0.907. The summed E-state index contributed by atoms with van der Waals surface area (Å²) >= 11 is 0. The highest BCUT2D eigenvalue weighted by molar-refractivity contribution is 5.37. The Bertz CT molecular complexity index is 287. The van der Waals surface area contributed by atoms with Crippen molar-refractivity contribution in [1.29, 1.82) is 0 Å². The average Bonchev–Trinajstić information content (AvgIpc) is 2.27. The van der Waals surface area contributed by atoms with Gasteiger partial charge in [0.2, 0.25) is 0 Å². The number of rotatable bonds is 0. The van der Waals surface area contributed by atoms with Gasteiger partial charge in [-0.05, 0) is 44.1 Å². The summed E-state index contributed by atoms with van der Waals surface area (Å²) in [7, 11) is 0. The number of hydrogen-bond acceptors (Lipinski definition) is 2. The Morgan fingerprint density at radius 3 is 2.00 bits per heavy atom. The molecule has 3 N–H and O–H groups in total. The lowest BCUT2D eigenvalue weighted by Crippen LogP contribution is -2.21. The number of piperidine rings is 1. The van der Waals surface area contributed by atoms with Crippen LogP contribution in [0.3, 0.4) is 0 Å². The van der Waals surface area contributed by atoms with E-state index in [2.05, 4.69) is 5.32 Å². The Kier molecular flexibility index (Phi) is 5.04. The zero-order chi connectivity index (χ0) is 11.1. The third kappa shape index (κ3) is 4.74. The molecule has 1 fully saturated rings. The number of nitrogens with one attached hydrogen (secondary N) is 1. The summed E-state index contributed by atoms with van der Waals surface area (Å²) in [6.45, 7) is 2.50. The molecule has 4 heteroatoms. The summed E-state index contributed by atoms with van der Waals surface area (Å²) in [6.07, 6.45) is 4.22. The van der Waals surface area contributed by atoms with Gasteiger partial charge in [0.25, 0.3) is 0 Å². The van der Waals surface area contributed by atoms with Crippen LogP contribution in [-0.4, -0.2) is 13.1 Å². The van der Waals surface area contributed by atoms with Gasteiger partial charge in [-0.2, -0.15) is 0 Å². The van der Waals surface area contributed by atoms with Crippen LogP contribution in [0.4, 0.5) is 14.5 Å². The molecule has 0 radical (unpaired) electrons. The summed E-state index contributed by atoms with van der Waals surface area (Å²) in [4.78, 5) is 0. The van der Waals surface area contributed by atoms with Crippen molar-refractivity contribution in [1.82, 2.24) is 5.32 Å². The number of halogens is 2. The van der Waals surface area contributed by atoms with Crippen LogP contribution in [0.25, 0.3) is 0 Å². The van der Waals surface area contributed by atoms with Crippen molar-refractivity contribution in [2.24, 2.45) is 0 Å². The molecule has 1 aromatic rings. The zero-order valence-corrected chi connectivity index (χ0v) is 8.60. The first kappa shape index (κ1) is 11.9. The van der Waals surface area contributed by atoms with Gasteiger partial charge < -0.3 is 11.1 Å². The summed E-state index contributed by atoms with van der Waals surface area (Å²) < 4.78 is 24.2. The van der Waals surface area contributed by atoms with E-state index in [1.54, 1.807) is 0 Å². The van der Waals surface area contributed by atoms with Gasteiger partial charge in [0.1, 0.15) is 0 Å². The molecule has 15 heavy (non-hydrogen) atoms. The molecular weight excluding hydrogens is 198 g/mol. The predicted molar refractivity (Wildman–Crippen MR) is 57.5 cm³/mol. The molecular formula is C11H16F2N2. The molecule has 0 spiro atoms. The highest BCUT2D eigenvalue weighted by Gasteiger charge is 1.98. The first-order valence-electron chi connectivity index (χ1n) is 5.11. The predicted octanol–water partition coefficient (Wildman–Crippen LogP) is 2.31. The van der Waals surface area contributed by atoms with Crippen LogP contribution in [0, 0.1) is 11.6 Å². The second-order valence-electron chi connectivity index (χ2n) is 3.48. The van der Waals surface area contributed by atoms with E-state index < -0.39 is 11.6 Å². The zero-order valence-electron chi connectivity index (χ0n) is 8.60. The number of benzene rings is 1. The van der Waals surface area contributed by atoms with E-state index in [9.17, 15) is 8.78 Å². The van der Waals surface area contributed by atoms with Gasteiger partial charge >= 0.3 is 0 Å². The Labute approximate surface area is 88.5 Å². The largest absolute Gasteiger partial charge is 0.399 e. The summed E-state index contributed by atoms with van der Waals surface area (Å²) in [5, 5.41) is 3.28. The topological polar surface area (TPSA) is 38.0 Å². The molecule has 0 atom stereocenters. The molecule has 1 aromatic carbocycles. The van der Waals surface area contributed by atoms with Crippen LogP contribution < -0.4 is 11.1 Å². The van der Waals surface area contributed by atoms with Gasteiger partial charge in [-0.25, -0.2) is 8.78 Å². The third-order valence-corrected chi connectivity index (χ3v) is 2.15. The summed E-state index contributed by atoms with van der Waals surface area (Å²) in [6, 6.07) is 3.23. The molecule has 0 saturated carbocycles. The summed E-state index contributed by atoms with van der Waals surface area (Å²) in [5.41, 5.74) is 5.35. The van der Waals surface area contributed by atoms with E-state index in [4.69, 9.17) is 5.73 Å². The van der Waals surface area contributed by atoms with Gasteiger partial charge in [0.15, 0.2) is 11.6 Å². The van der Waals surface area contributed by atoms with Crippen LogP contribution in [0.15, 0.2) is 18.2 Å². The molecule has 0 aliphatic carbocycles. The fourth-order valence-electron chi connectivity index (χ4n) is 1.31. The van der Waals surface area contributed by atoms with Crippen molar-refractivity contribution in [3.63, 3.8) is 0 Å². The molecule has 1 saturated heterocycles. The second kappa shape index (κ2) is 6.35. The van der Waals surface area contributed by atoms with Crippen molar-refractivity contribution < 1.29 is 8.78 Å². The van der Waals surface area contributed by atoms with Crippen molar-refractivity contribution in [3.8, 4) is 0 Å². The minimum absolute atomic E-state index is 0.230. The van der Waals surface area contributed by atoms with Gasteiger partial charge in [-0.1, -0.05) is 6.42 Å². The van der Waals surface area contributed by atoms with Crippen molar-refractivity contribution in [3.05, 3.63) is 29.8 Å². The van der Waals surface area contributed by atoms with Crippen LogP contribution in [0.2, 0.25) is 0 Å². The standard InChI is InChI=1S/C6H5F2N.C5H11N/c7-5-2-1-4(9)3-6(5)8;1-2-4-6-5-3-1/h1-3H,9H2;6H,1-5H2. The lowest BCUT2D eigenvalue weighted by Gasteiger charge is -2.08. The molecule has 0 bridgehead atoms. The van der Waals surface area contributed by atoms with E-state index in [1.807, 2.05) is 0 Å². The van der Waals surface area contributed by atoms with Gasteiger partial charge in [0, 0.05) is 5.69 Å². The minimum Gasteiger partial charge on any atom is -0.399 e. The molecule has 2 nitrogen and oxygen atoms in total. The van der Waals surface area contributed by atoms with Crippen molar-refractivity contribution >= 4 is 5.69 Å². The summed E-state index contributed by atoms with van der Waals surface area (Å²) in [5.74, 6) is -1.78. The monoisotopic (exact) mass is 214 g/mol. The van der Waals surface area contributed by atoms with Crippen molar-refractivity contribution in [2.45, 2.75) is 19.3 Å². The van der Waals surface area contributed by atoms with E-state index in [-0.39, 0.29) is 5.69 Å². The molecule has 0 unspecified atom stereocenters. The van der Waals surface area contributed by atoms with Gasteiger partial charge in [-0.3, -0.25) is 0 Å². The van der Waals surface area contributed by atoms with Crippen molar-refractivity contribution in [2.75, 3.05) is 18.8 Å². The SMILES string of the molecule is C1CCNCC1.Nc1ccc(F)c(F)c1. The van der Waals surface area contributed by atoms with E-state index in [0.29, 0.717) is 0 Å².